The number of rotatable bonds is 21. The van der Waals surface area contributed by atoms with Gasteiger partial charge in [0.1, 0.15) is 0 Å². The Hall–Kier alpha value is -0.120. The average molecular weight is 373 g/mol. The summed E-state index contributed by atoms with van der Waals surface area (Å²) in [5, 5.41) is 9.31. The summed E-state index contributed by atoms with van der Waals surface area (Å²) in [5.41, 5.74) is 0. The number of hydrogen-bond acceptors (Lipinski definition) is 3. The molecule has 0 radical (unpaired) electrons. The van der Waals surface area contributed by atoms with Crippen LogP contribution >= 0.6 is 0 Å². The zero-order valence-corrected chi connectivity index (χ0v) is 18.1. The molecule has 0 spiro atoms. The van der Waals surface area contributed by atoms with Gasteiger partial charge >= 0.3 is 0 Å². The second kappa shape index (κ2) is 21.2. The molecule has 0 aromatic rings. The lowest BCUT2D eigenvalue weighted by molar-refractivity contribution is -0.148. The Bertz CT molecular complexity index is 240. The molecular formula is C23H48O3. The van der Waals surface area contributed by atoms with Gasteiger partial charge in [0.15, 0.2) is 6.29 Å². The van der Waals surface area contributed by atoms with Gasteiger partial charge in [-0.05, 0) is 39.0 Å². The summed E-state index contributed by atoms with van der Waals surface area (Å²) in [5.74, 6) is 0. The van der Waals surface area contributed by atoms with Crippen molar-refractivity contribution in [1.82, 2.24) is 0 Å². The van der Waals surface area contributed by atoms with Crippen molar-refractivity contribution in [2.75, 3.05) is 13.2 Å². The van der Waals surface area contributed by atoms with Crippen molar-refractivity contribution in [3.05, 3.63) is 0 Å². The Morgan fingerprint density at radius 1 is 0.577 bits per heavy atom. The van der Waals surface area contributed by atoms with Crippen LogP contribution < -0.4 is 0 Å². The molecule has 26 heavy (non-hydrogen) atoms. The molecular weight excluding hydrogens is 324 g/mol. The van der Waals surface area contributed by atoms with E-state index >= 15 is 0 Å². The molecule has 0 aliphatic heterocycles. The number of aliphatic hydroxyl groups is 1. The third-order valence-corrected chi connectivity index (χ3v) is 4.91. The summed E-state index contributed by atoms with van der Waals surface area (Å²) in [4.78, 5) is 0. The zero-order chi connectivity index (χ0) is 19.3. The van der Waals surface area contributed by atoms with E-state index in [-0.39, 0.29) is 12.4 Å². The van der Waals surface area contributed by atoms with Crippen molar-refractivity contribution in [1.29, 1.82) is 0 Å². The van der Waals surface area contributed by atoms with Crippen LogP contribution in [0.4, 0.5) is 0 Å². The van der Waals surface area contributed by atoms with Crippen molar-refractivity contribution >= 4 is 0 Å². The molecule has 1 unspecified atom stereocenters. The molecule has 1 atom stereocenters. The van der Waals surface area contributed by atoms with E-state index in [4.69, 9.17) is 9.47 Å². The van der Waals surface area contributed by atoms with Gasteiger partial charge in [0.2, 0.25) is 0 Å². The fourth-order valence-electron chi connectivity index (χ4n) is 3.16. The maximum atomic E-state index is 9.31. The van der Waals surface area contributed by atoms with E-state index in [0.29, 0.717) is 0 Å². The summed E-state index contributed by atoms with van der Waals surface area (Å²) in [7, 11) is 0. The second-order valence-electron chi connectivity index (χ2n) is 7.84. The molecule has 0 saturated heterocycles. The molecule has 3 heteroatoms. The number of unbranched alkanes of at least 4 members (excludes halogenated alkanes) is 11. The summed E-state index contributed by atoms with van der Waals surface area (Å²) >= 11 is 0. The molecule has 0 aliphatic carbocycles. The van der Waals surface area contributed by atoms with E-state index in [1.54, 1.807) is 0 Å². The van der Waals surface area contributed by atoms with Crippen molar-refractivity contribution in [2.24, 2.45) is 0 Å². The van der Waals surface area contributed by atoms with E-state index in [9.17, 15) is 5.11 Å². The molecule has 0 rings (SSSR count). The summed E-state index contributed by atoms with van der Waals surface area (Å²) < 4.78 is 12.1. The van der Waals surface area contributed by atoms with E-state index in [0.717, 1.165) is 51.7 Å². The predicted molar refractivity (Wildman–Crippen MR) is 113 cm³/mol. The standard InChI is InChI=1S/C23H48O3/c1-4-6-8-12-16-20-25-23(26-21-17-13-9-7-5-2)19-15-11-10-14-18-22(3)24/h22-24H,4-21H2,1-3H3. The van der Waals surface area contributed by atoms with Crippen LogP contribution in [0.15, 0.2) is 0 Å². The first-order valence-electron chi connectivity index (χ1n) is 11.6. The van der Waals surface area contributed by atoms with Crippen LogP contribution in [0.25, 0.3) is 0 Å². The minimum atomic E-state index is -0.158. The average Bonchev–Trinajstić information content (AvgIpc) is 2.62. The van der Waals surface area contributed by atoms with Gasteiger partial charge < -0.3 is 14.6 Å². The van der Waals surface area contributed by atoms with Gasteiger partial charge in [0.25, 0.3) is 0 Å². The second-order valence-corrected chi connectivity index (χ2v) is 7.84. The fraction of sp³-hybridized carbons (Fsp3) is 1.00. The van der Waals surface area contributed by atoms with E-state index in [2.05, 4.69) is 13.8 Å². The third-order valence-electron chi connectivity index (χ3n) is 4.91. The van der Waals surface area contributed by atoms with Crippen molar-refractivity contribution < 1.29 is 14.6 Å². The highest BCUT2D eigenvalue weighted by molar-refractivity contribution is 4.53. The van der Waals surface area contributed by atoms with Crippen LogP contribution in [0.3, 0.4) is 0 Å². The lowest BCUT2D eigenvalue weighted by atomic mass is 10.1. The van der Waals surface area contributed by atoms with Crippen LogP contribution in [-0.4, -0.2) is 30.7 Å². The van der Waals surface area contributed by atoms with Crippen LogP contribution in [0, 0.1) is 0 Å². The fourth-order valence-corrected chi connectivity index (χ4v) is 3.16. The van der Waals surface area contributed by atoms with Gasteiger partial charge in [-0.2, -0.15) is 0 Å². The molecule has 0 heterocycles. The minimum absolute atomic E-state index is 0.0101. The van der Waals surface area contributed by atoms with Gasteiger partial charge in [-0.3, -0.25) is 0 Å². The van der Waals surface area contributed by atoms with Crippen LogP contribution in [-0.2, 0) is 9.47 Å². The highest BCUT2D eigenvalue weighted by atomic mass is 16.7. The highest BCUT2D eigenvalue weighted by Gasteiger charge is 2.09. The van der Waals surface area contributed by atoms with Gasteiger partial charge in [-0.25, -0.2) is 0 Å². The lowest BCUT2D eigenvalue weighted by Gasteiger charge is -2.19. The van der Waals surface area contributed by atoms with E-state index < -0.39 is 0 Å². The predicted octanol–water partition coefficient (Wildman–Crippen LogP) is 7.01. The molecule has 0 aromatic heterocycles. The van der Waals surface area contributed by atoms with Crippen LogP contribution in [0.1, 0.15) is 124 Å². The minimum Gasteiger partial charge on any atom is -0.393 e. The van der Waals surface area contributed by atoms with Gasteiger partial charge in [-0.1, -0.05) is 84.5 Å². The molecule has 158 valence electrons. The Labute approximate surface area is 164 Å². The molecule has 0 aliphatic rings. The summed E-state index contributed by atoms with van der Waals surface area (Å²) in [6, 6.07) is 0. The van der Waals surface area contributed by atoms with Crippen molar-refractivity contribution in [3.8, 4) is 0 Å². The van der Waals surface area contributed by atoms with E-state index in [1.165, 1.54) is 64.2 Å². The van der Waals surface area contributed by atoms with Gasteiger partial charge in [0, 0.05) is 13.2 Å². The molecule has 3 nitrogen and oxygen atoms in total. The molecule has 0 saturated carbocycles. The molecule has 0 amide bonds. The summed E-state index contributed by atoms with van der Waals surface area (Å²) in [6.45, 7) is 8.06. The van der Waals surface area contributed by atoms with Crippen LogP contribution in [0.2, 0.25) is 0 Å². The Kier molecular flexibility index (Phi) is 21.1. The molecule has 0 fully saturated rings. The summed E-state index contributed by atoms with van der Waals surface area (Å²) in [6.07, 6.45) is 19.2. The molecule has 0 bridgehead atoms. The maximum Gasteiger partial charge on any atom is 0.157 e. The first-order chi connectivity index (χ1) is 12.7. The van der Waals surface area contributed by atoms with E-state index in [1.807, 2.05) is 6.92 Å². The Morgan fingerprint density at radius 2 is 1.00 bits per heavy atom. The van der Waals surface area contributed by atoms with Gasteiger partial charge in [-0.15, -0.1) is 0 Å². The topological polar surface area (TPSA) is 38.7 Å². The molecule has 0 aromatic carbocycles. The number of hydrogen-bond donors (Lipinski definition) is 1. The monoisotopic (exact) mass is 372 g/mol. The largest absolute Gasteiger partial charge is 0.393 e. The highest BCUT2D eigenvalue weighted by Crippen LogP contribution is 2.14. The quantitative estimate of drug-likeness (QED) is 0.174. The smallest absolute Gasteiger partial charge is 0.157 e. The van der Waals surface area contributed by atoms with Crippen molar-refractivity contribution in [3.63, 3.8) is 0 Å². The Morgan fingerprint density at radius 3 is 1.46 bits per heavy atom. The lowest BCUT2D eigenvalue weighted by Crippen LogP contribution is -2.19. The van der Waals surface area contributed by atoms with Crippen LogP contribution in [0.5, 0.6) is 0 Å². The third kappa shape index (κ3) is 20.2. The normalized spacial score (nSPS) is 12.8. The molecule has 1 N–H and O–H groups in total. The van der Waals surface area contributed by atoms with Gasteiger partial charge in [0.05, 0.1) is 6.10 Å². The zero-order valence-electron chi connectivity index (χ0n) is 18.1. The first kappa shape index (κ1) is 25.9. The number of aliphatic hydroxyl groups excluding tert-OH is 1. The Balaban J connectivity index is 3.80. The van der Waals surface area contributed by atoms with Crippen molar-refractivity contribution in [2.45, 2.75) is 136 Å². The maximum absolute atomic E-state index is 9.31. The number of ether oxygens (including phenoxy) is 2. The SMILES string of the molecule is CCCCCCCOC(CCCCCCC(C)O)OCCCCCCC. The first-order valence-corrected chi connectivity index (χ1v) is 11.6.